The van der Waals surface area contributed by atoms with Gasteiger partial charge >= 0.3 is 6.09 Å². The smallest absolute Gasteiger partial charge is 0.408 e. The monoisotopic (exact) mass is 575 g/mol. The van der Waals surface area contributed by atoms with Gasteiger partial charge in [0.15, 0.2) is 6.29 Å². The molecule has 10 heteroatoms. The maximum absolute atomic E-state index is 12.5. The first kappa shape index (κ1) is 32.6. The number of amides is 1. The van der Waals surface area contributed by atoms with Crippen molar-refractivity contribution in [2.75, 3.05) is 33.5 Å². The third-order valence-electron chi connectivity index (χ3n) is 6.68. The van der Waals surface area contributed by atoms with Crippen LogP contribution >= 0.6 is 0 Å². The number of carbonyl (C=O) groups is 1. The molecule has 1 unspecified atom stereocenters. The lowest BCUT2D eigenvalue weighted by atomic mass is 10.00. The van der Waals surface area contributed by atoms with E-state index in [1.165, 1.54) is 0 Å². The second-order valence-corrected chi connectivity index (χ2v) is 11.3. The largest absolute Gasteiger partial charge is 0.497 e. The van der Waals surface area contributed by atoms with Crippen molar-refractivity contribution in [3.05, 3.63) is 59.7 Å². The number of carbonyl (C=O) groups excluding carboxylic acids is 1. The van der Waals surface area contributed by atoms with Crippen molar-refractivity contribution >= 4 is 6.09 Å². The highest BCUT2D eigenvalue weighted by molar-refractivity contribution is 5.68. The molecule has 0 aromatic heterocycles. The summed E-state index contributed by atoms with van der Waals surface area (Å²) in [5.74, 6) is 1.22. The maximum atomic E-state index is 12.5. The second kappa shape index (κ2) is 15.4. The van der Waals surface area contributed by atoms with Crippen LogP contribution in [0.5, 0.6) is 11.5 Å². The highest BCUT2D eigenvalue weighted by Gasteiger charge is 2.36. The van der Waals surface area contributed by atoms with Crippen LogP contribution in [0.1, 0.15) is 64.1 Å². The van der Waals surface area contributed by atoms with E-state index in [0.717, 1.165) is 36.1 Å². The molecule has 4 atom stereocenters. The van der Waals surface area contributed by atoms with Crippen LogP contribution in [0.3, 0.4) is 0 Å². The number of alkyl carbamates (subject to hydrolysis) is 1. The SMILES string of the molecule is COc1ccc(COC[C@](O)(CO)[C@@H](C)Oc2ccc([C@@H](COC3CCCCO3)NC(=O)OC(C)(C)C)cc2)cc1. The van der Waals surface area contributed by atoms with E-state index in [-0.39, 0.29) is 26.1 Å². The summed E-state index contributed by atoms with van der Waals surface area (Å²) in [5, 5.41) is 23.9. The van der Waals surface area contributed by atoms with Gasteiger partial charge in [-0.3, -0.25) is 0 Å². The number of methoxy groups -OCH3 is 1. The van der Waals surface area contributed by atoms with Gasteiger partial charge in [0.1, 0.15) is 28.8 Å². The molecule has 0 bridgehead atoms. The van der Waals surface area contributed by atoms with Crippen molar-refractivity contribution in [3.63, 3.8) is 0 Å². The number of aliphatic hydroxyl groups excluding tert-OH is 1. The minimum absolute atomic E-state index is 0.128. The van der Waals surface area contributed by atoms with E-state index in [1.54, 1.807) is 46.9 Å². The average Bonchev–Trinajstić information content (AvgIpc) is 2.95. The Hall–Kier alpha value is -2.89. The van der Waals surface area contributed by atoms with E-state index >= 15 is 0 Å². The number of benzene rings is 2. The van der Waals surface area contributed by atoms with Crippen molar-refractivity contribution in [3.8, 4) is 11.5 Å². The van der Waals surface area contributed by atoms with Crippen LogP contribution in [0.4, 0.5) is 4.79 Å². The molecule has 3 N–H and O–H groups in total. The zero-order valence-corrected chi connectivity index (χ0v) is 24.8. The summed E-state index contributed by atoms with van der Waals surface area (Å²) in [4.78, 5) is 12.5. The lowest BCUT2D eigenvalue weighted by molar-refractivity contribution is -0.166. The molecular formula is C31H45NO9. The van der Waals surface area contributed by atoms with Gasteiger partial charge in [-0.25, -0.2) is 4.79 Å². The number of ether oxygens (including phenoxy) is 6. The Bertz CT molecular complexity index is 1050. The van der Waals surface area contributed by atoms with Gasteiger partial charge in [-0.1, -0.05) is 24.3 Å². The third-order valence-corrected chi connectivity index (χ3v) is 6.68. The summed E-state index contributed by atoms with van der Waals surface area (Å²) in [7, 11) is 1.60. The van der Waals surface area contributed by atoms with Crippen molar-refractivity contribution in [1.29, 1.82) is 0 Å². The number of hydrogen-bond acceptors (Lipinski definition) is 9. The van der Waals surface area contributed by atoms with Gasteiger partial charge in [-0.15, -0.1) is 0 Å². The first-order chi connectivity index (χ1) is 19.5. The van der Waals surface area contributed by atoms with Gasteiger partial charge in [0, 0.05) is 6.61 Å². The fraction of sp³-hybridized carbons (Fsp3) is 0.581. The first-order valence-electron chi connectivity index (χ1n) is 14.0. The molecule has 1 heterocycles. The summed E-state index contributed by atoms with van der Waals surface area (Å²) < 4.78 is 33.9. The molecule has 228 valence electrons. The molecule has 1 fully saturated rings. The van der Waals surface area contributed by atoms with E-state index in [4.69, 9.17) is 28.4 Å². The number of hydrogen-bond donors (Lipinski definition) is 3. The van der Waals surface area contributed by atoms with Crippen LogP contribution < -0.4 is 14.8 Å². The molecule has 3 rings (SSSR count). The lowest BCUT2D eigenvalue weighted by Gasteiger charge is -2.32. The van der Waals surface area contributed by atoms with Crippen LogP contribution in [-0.4, -0.2) is 73.4 Å². The molecule has 2 aromatic carbocycles. The molecular weight excluding hydrogens is 530 g/mol. The zero-order chi connectivity index (χ0) is 29.9. The Balaban J connectivity index is 1.60. The molecule has 1 aliphatic heterocycles. The molecule has 1 aliphatic rings. The minimum Gasteiger partial charge on any atom is -0.497 e. The highest BCUT2D eigenvalue weighted by atomic mass is 16.7. The van der Waals surface area contributed by atoms with E-state index in [2.05, 4.69) is 5.32 Å². The van der Waals surface area contributed by atoms with Gasteiger partial charge in [0.05, 0.1) is 39.6 Å². The van der Waals surface area contributed by atoms with Crippen molar-refractivity contribution in [2.24, 2.45) is 0 Å². The Labute approximate surface area is 242 Å². The Kier molecular flexibility index (Phi) is 12.2. The Morgan fingerprint density at radius 3 is 2.34 bits per heavy atom. The number of rotatable bonds is 14. The minimum atomic E-state index is -1.63. The maximum Gasteiger partial charge on any atom is 0.408 e. The normalized spacial score (nSPS) is 18.6. The summed E-state index contributed by atoms with van der Waals surface area (Å²) in [5.41, 5.74) is -0.576. The molecule has 1 saturated heterocycles. The molecule has 0 radical (unpaired) electrons. The zero-order valence-electron chi connectivity index (χ0n) is 24.8. The molecule has 10 nitrogen and oxygen atoms in total. The fourth-order valence-corrected chi connectivity index (χ4v) is 4.17. The van der Waals surface area contributed by atoms with Gasteiger partial charge in [0.25, 0.3) is 0 Å². The average molecular weight is 576 g/mol. The van der Waals surface area contributed by atoms with Crippen molar-refractivity contribution < 1.29 is 43.4 Å². The van der Waals surface area contributed by atoms with Gasteiger partial charge in [-0.2, -0.15) is 0 Å². The quantitative estimate of drug-likeness (QED) is 0.298. The van der Waals surface area contributed by atoms with Crippen LogP contribution in [0.15, 0.2) is 48.5 Å². The first-order valence-corrected chi connectivity index (χ1v) is 14.0. The molecule has 0 saturated carbocycles. The fourth-order valence-electron chi connectivity index (χ4n) is 4.17. The predicted octanol–water partition coefficient (Wildman–Crippen LogP) is 4.51. The number of aliphatic hydroxyl groups is 2. The second-order valence-electron chi connectivity index (χ2n) is 11.3. The van der Waals surface area contributed by atoms with Gasteiger partial charge in [-0.05, 0) is 82.3 Å². The van der Waals surface area contributed by atoms with Crippen LogP contribution in [0.2, 0.25) is 0 Å². The lowest BCUT2D eigenvalue weighted by Crippen LogP contribution is -2.51. The van der Waals surface area contributed by atoms with Gasteiger partial charge in [0.2, 0.25) is 0 Å². The van der Waals surface area contributed by atoms with Crippen LogP contribution in [-0.2, 0) is 25.6 Å². The molecule has 0 spiro atoms. The van der Waals surface area contributed by atoms with E-state index in [9.17, 15) is 15.0 Å². The van der Waals surface area contributed by atoms with Crippen molar-refractivity contribution in [1.82, 2.24) is 5.32 Å². The van der Waals surface area contributed by atoms with E-state index in [1.807, 2.05) is 36.4 Å². The molecule has 41 heavy (non-hydrogen) atoms. The Morgan fingerprint density at radius 2 is 1.76 bits per heavy atom. The van der Waals surface area contributed by atoms with E-state index < -0.39 is 36.0 Å². The topological polar surface area (TPSA) is 125 Å². The molecule has 0 aliphatic carbocycles. The Morgan fingerprint density at radius 1 is 1.07 bits per heavy atom. The van der Waals surface area contributed by atoms with Gasteiger partial charge < -0.3 is 44.0 Å². The standard InChI is InChI=1S/C31H45NO9/c1-22(31(35,20-33)21-37-18-23-9-13-25(36-5)14-10-23)40-26-15-11-24(12-16-26)27(32-29(34)41-30(2,3)4)19-39-28-8-6-7-17-38-28/h9-16,22,27-28,33,35H,6-8,17-21H2,1-5H3,(H,32,34)/t22-,27-,28?,31-/m1/s1. The predicted molar refractivity (Wildman–Crippen MR) is 153 cm³/mol. The van der Waals surface area contributed by atoms with E-state index in [0.29, 0.717) is 12.4 Å². The third kappa shape index (κ3) is 10.8. The summed E-state index contributed by atoms with van der Waals surface area (Å²) in [6.07, 6.45) is 1.22. The summed E-state index contributed by atoms with van der Waals surface area (Å²) >= 11 is 0. The molecule has 2 aromatic rings. The van der Waals surface area contributed by atoms with Crippen LogP contribution in [0, 0.1) is 0 Å². The number of nitrogens with one attached hydrogen (secondary N) is 1. The summed E-state index contributed by atoms with van der Waals surface area (Å²) in [6.45, 7) is 7.53. The van der Waals surface area contributed by atoms with Crippen molar-refractivity contribution in [2.45, 2.75) is 83.2 Å². The summed E-state index contributed by atoms with van der Waals surface area (Å²) in [6, 6.07) is 14.0. The highest BCUT2D eigenvalue weighted by Crippen LogP contribution is 2.25. The van der Waals surface area contributed by atoms with Crippen LogP contribution in [0.25, 0.3) is 0 Å². The molecule has 1 amide bonds.